The number of guanidine groups is 1. The lowest BCUT2D eigenvalue weighted by Crippen LogP contribution is -2.48. The summed E-state index contributed by atoms with van der Waals surface area (Å²) in [6, 6.07) is 19.4. The van der Waals surface area contributed by atoms with Gasteiger partial charge in [-0.3, -0.25) is 4.79 Å². The van der Waals surface area contributed by atoms with E-state index in [1.54, 1.807) is 12.1 Å². The normalized spacial score (nSPS) is 16.0. The zero-order chi connectivity index (χ0) is 23.0. The fourth-order valence-corrected chi connectivity index (χ4v) is 3.92. The first kappa shape index (κ1) is 25.8. The number of furan rings is 1. The number of hydrogen-bond acceptors (Lipinski definition) is 4. The molecule has 1 saturated heterocycles. The highest BCUT2D eigenvalue weighted by Gasteiger charge is 2.25. The Morgan fingerprint density at radius 3 is 2.76 bits per heavy atom. The molecule has 1 aromatic heterocycles. The SMILES string of the molecule is CCNC(=NCc1cccc(NC(=O)c2ccco2)c1)N1CCOC(c2ccccc2C)C1.I. The van der Waals surface area contributed by atoms with Gasteiger partial charge in [-0.1, -0.05) is 36.4 Å². The van der Waals surface area contributed by atoms with Gasteiger partial charge in [-0.25, -0.2) is 4.99 Å². The molecule has 180 valence electrons. The summed E-state index contributed by atoms with van der Waals surface area (Å²) in [6.45, 7) is 7.65. The third-order valence-corrected chi connectivity index (χ3v) is 5.58. The monoisotopic (exact) mass is 574 g/mol. The van der Waals surface area contributed by atoms with Gasteiger partial charge < -0.3 is 24.7 Å². The van der Waals surface area contributed by atoms with Gasteiger partial charge >= 0.3 is 0 Å². The molecule has 1 atom stereocenters. The minimum Gasteiger partial charge on any atom is -0.459 e. The first-order valence-corrected chi connectivity index (χ1v) is 11.3. The van der Waals surface area contributed by atoms with Crippen LogP contribution < -0.4 is 10.6 Å². The van der Waals surface area contributed by atoms with Gasteiger partial charge in [-0.05, 0) is 54.8 Å². The standard InChI is InChI=1S/C26H30N4O3.HI/c1-3-27-26(30-13-15-33-24(18-30)22-11-5-4-8-19(22)2)28-17-20-9-6-10-21(16-20)29-25(31)23-12-7-14-32-23;/h4-12,14,16,24H,3,13,15,17-18H2,1-2H3,(H,27,28)(H,29,31);1H. The summed E-state index contributed by atoms with van der Waals surface area (Å²) in [5.41, 5.74) is 4.17. The summed E-state index contributed by atoms with van der Waals surface area (Å²) >= 11 is 0. The van der Waals surface area contributed by atoms with Crippen LogP contribution >= 0.6 is 24.0 Å². The first-order chi connectivity index (χ1) is 16.1. The summed E-state index contributed by atoms with van der Waals surface area (Å²) in [4.78, 5) is 19.4. The molecule has 2 N–H and O–H groups in total. The number of rotatable bonds is 6. The molecule has 1 amide bonds. The van der Waals surface area contributed by atoms with E-state index in [2.05, 4.69) is 53.6 Å². The number of amides is 1. The van der Waals surface area contributed by atoms with Crippen molar-refractivity contribution in [2.24, 2.45) is 4.99 Å². The van der Waals surface area contributed by atoms with E-state index >= 15 is 0 Å². The van der Waals surface area contributed by atoms with Crippen LogP contribution in [0, 0.1) is 6.92 Å². The molecule has 8 heteroatoms. The van der Waals surface area contributed by atoms with Crippen LogP contribution in [0.1, 0.15) is 40.3 Å². The molecular weight excluding hydrogens is 543 g/mol. The van der Waals surface area contributed by atoms with Crippen molar-refractivity contribution >= 4 is 41.5 Å². The number of ether oxygens (including phenoxy) is 1. The predicted molar refractivity (Wildman–Crippen MR) is 145 cm³/mol. The van der Waals surface area contributed by atoms with E-state index in [-0.39, 0.29) is 41.7 Å². The summed E-state index contributed by atoms with van der Waals surface area (Å²) in [5, 5.41) is 6.28. The smallest absolute Gasteiger partial charge is 0.291 e. The second-order valence-electron chi connectivity index (χ2n) is 7.96. The highest BCUT2D eigenvalue weighted by atomic mass is 127. The van der Waals surface area contributed by atoms with Gasteiger partial charge in [-0.15, -0.1) is 24.0 Å². The molecule has 7 nitrogen and oxygen atoms in total. The van der Waals surface area contributed by atoms with E-state index in [4.69, 9.17) is 14.1 Å². The Balaban J connectivity index is 0.00000324. The zero-order valence-corrected chi connectivity index (χ0v) is 21.8. The van der Waals surface area contributed by atoms with Crippen LogP contribution in [0.2, 0.25) is 0 Å². The van der Waals surface area contributed by atoms with Gasteiger partial charge in [0.15, 0.2) is 11.7 Å². The first-order valence-electron chi connectivity index (χ1n) is 11.3. The lowest BCUT2D eigenvalue weighted by Gasteiger charge is -2.35. The minimum absolute atomic E-state index is 0. The quantitative estimate of drug-likeness (QED) is 0.246. The van der Waals surface area contributed by atoms with Crippen molar-refractivity contribution in [3.63, 3.8) is 0 Å². The van der Waals surface area contributed by atoms with Crippen molar-refractivity contribution in [1.29, 1.82) is 0 Å². The molecule has 1 aliphatic heterocycles. The van der Waals surface area contributed by atoms with Gasteiger partial charge in [-0.2, -0.15) is 0 Å². The average Bonchev–Trinajstić information content (AvgIpc) is 3.38. The molecule has 2 heterocycles. The molecular formula is C26H31IN4O3. The number of carbonyl (C=O) groups is 1. The Morgan fingerprint density at radius 2 is 2.00 bits per heavy atom. The van der Waals surface area contributed by atoms with E-state index in [9.17, 15) is 4.79 Å². The number of nitrogens with zero attached hydrogens (tertiary/aromatic N) is 2. The minimum atomic E-state index is -0.274. The van der Waals surface area contributed by atoms with Gasteiger partial charge in [0.2, 0.25) is 0 Å². The molecule has 0 radical (unpaired) electrons. The molecule has 4 rings (SSSR count). The van der Waals surface area contributed by atoms with Crippen LogP contribution in [0.25, 0.3) is 0 Å². The van der Waals surface area contributed by atoms with Crippen LogP contribution in [0.4, 0.5) is 5.69 Å². The fourth-order valence-electron chi connectivity index (χ4n) is 3.92. The third-order valence-electron chi connectivity index (χ3n) is 5.58. The number of carbonyl (C=O) groups excluding carboxylic acids is 1. The Morgan fingerprint density at radius 1 is 1.15 bits per heavy atom. The van der Waals surface area contributed by atoms with Gasteiger partial charge in [0.1, 0.15) is 6.10 Å². The molecule has 0 bridgehead atoms. The Labute approximate surface area is 217 Å². The number of anilines is 1. The maximum atomic E-state index is 12.3. The molecule has 2 aromatic carbocycles. The molecule has 1 unspecified atom stereocenters. The van der Waals surface area contributed by atoms with Crippen molar-refractivity contribution in [3.05, 3.63) is 89.4 Å². The number of aryl methyl sites for hydroxylation is 1. The summed E-state index contributed by atoms with van der Waals surface area (Å²) < 4.78 is 11.2. The number of halogens is 1. The third kappa shape index (κ3) is 6.60. The molecule has 0 spiro atoms. The van der Waals surface area contributed by atoms with Crippen molar-refractivity contribution < 1.29 is 13.9 Å². The largest absolute Gasteiger partial charge is 0.459 e. The fraction of sp³-hybridized carbons (Fsp3) is 0.308. The van der Waals surface area contributed by atoms with Crippen molar-refractivity contribution in [1.82, 2.24) is 10.2 Å². The highest BCUT2D eigenvalue weighted by Crippen LogP contribution is 2.25. The molecule has 0 saturated carbocycles. The number of hydrogen-bond donors (Lipinski definition) is 2. The maximum absolute atomic E-state index is 12.3. The van der Waals surface area contributed by atoms with E-state index in [1.165, 1.54) is 17.4 Å². The van der Waals surface area contributed by atoms with E-state index < -0.39 is 0 Å². The van der Waals surface area contributed by atoms with Crippen LogP contribution in [-0.4, -0.2) is 43.0 Å². The summed E-state index contributed by atoms with van der Waals surface area (Å²) in [7, 11) is 0. The number of benzene rings is 2. The van der Waals surface area contributed by atoms with Crippen LogP contribution in [0.15, 0.2) is 76.3 Å². The van der Waals surface area contributed by atoms with Gasteiger partial charge in [0.25, 0.3) is 5.91 Å². The highest BCUT2D eigenvalue weighted by molar-refractivity contribution is 14.0. The predicted octanol–water partition coefficient (Wildman–Crippen LogP) is 5.00. The number of aliphatic imine (C=N–C) groups is 1. The van der Waals surface area contributed by atoms with Crippen LogP contribution in [-0.2, 0) is 11.3 Å². The van der Waals surface area contributed by atoms with Gasteiger partial charge in [0.05, 0.1) is 26.0 Å². The maximum Gasteiger partial charge on any atom is 0.291 e. The zero-order valence-electron chi connectivity index (χ0n) is 19.5. The Kier molecular flexibility index (Phi) is 9.52. The van der Waals surface area contributed by atoms with E-state index in [0.717, 1.165) is 31.2 Å². The number of morpholine rings is 1. The van der Waals surface area contributed by atoms with E-state index in [0.29, 0.717) is 18.8 Å². The van der Waals surface area contributed by atoms with Gasteiger partial charge in [0, 0.05) is 18.8 Å². The molecule has 3 aromatic rings. The lowest BCUT2D eigenvalue weighted by atomic mass is 10.0. The second-order valence-corrected chi connectivity index (χ2v) is 7.96. The summed E-state index contributed by atoms with van der Waals surface area (Å²) in [6.07, 6.45) is 1.50. The van der Waals surface area contributed by atoms with Crippen molar-refractivity contribution in [3.8, 4) is 0 Å². The molecule has 34 heavy (non-hydrogen) atoms. The Bertz CT molecular complexity index is 1100. The van der Waals surface area contributed by atoms with Crippen molar-refractivity contribution in [2.45, 2.75) is 26.5 Å². The van der Waals surface area contributed by atoms with Crippen LogP contribution in [0.3, 0.4) is 0 Å². The molecule has 1 aliphatic rings. The average molecular weight is 574 g/mol. The van der Waals surface area contributed by atoms with E-state index in [1.807, 2.05) is 24.3 Å². The van der Waals surface area contributed by atoms with Crippen LogP contribution in [0.5, 0.6) is 0 Å². The summed E-state index contributed by atoms with van der Waals surface area (Å²) in [5.74, 6) is 0.873. The Hall–Kier alpha value is -2.85. The molecule has 0 aliphatic carbocycles. The second kappa shape index (κ2) is 12.6. The lowest BCUT2D eigenvalue weighted by molar-refractivity contribution is -0.00834. The number of nitrogens with one attached hydrogen (secondary N) is 2. The molecule has 1 fully saturated rings. The van der Waals surface area contributed by atoms with Crippen molar-refractivity contribution in [2.75, 3.05) is 31.6 Å². The topological polar surface area (TPSA) is 79.1 Å².